The van der Waals surface area contributed by atoms with Gasteiger partial charge in [0.15, 0.2) is 0 Å². The zero-order valence-corrected chi connectivity index (χ0v) is 19.1. The summed E-state index contributed by atoms with van der Waals surface area (Å²) in [6.07, 6.45) is 0. The zero-order valence-electron chi connectivity index (χ0n) is 19.1. The van der Waals surface area contributed by atoms with Crippen LogP contribution < -0.4 is 20.9 Å². The van der Waals surface area contributed by atoms with Gasteiger partial charge in [0.25, 0.3) is 0 Å². The average molecular weight is 453 g/mol. The predicted octanol–water partition coefficient (Wildman–Crippen LogP) is 5.70. The first kappa shape index (κ1) is 21.5. The first-order valence-electron chi connectivity index (χ1n) is 11.0. The van der Waals surface area contributed by atoms with Crippen LogP contribution in [0.2, 0.25) is 0 Å². The van der Waals surface area contributed by atoms with Gasteiger partial charge in [0.05, 0.1) is 12.2 Å². The van der Waals surface area contributed by atoms with E-state index < -0.39 is 11.3 Å². The van der Waals surface area contributed by atoms with E-state index in [0.29, 0.717) is 34.6 Å². The number of benzene rings is 3. The van der Waals surface area contributed by atoms with Gasteiger partial charge in [-0.15, -0.1) is 0 Å². The average Bonchev–Trinajstić information content (AvgIpc) is 2.83. The van der Waals surface area contributed by atoms with Gasteiger partial charge in [-0.3, -0.25) is 0 Å². The second-order valence-electron chi connectivity index (χ2n) is 8.21. The molecule has 0 saturated carbocycles. The van der Waals surface area contributed by atoms with E-state index in [2.05, 4.69) is 0 Å². The summed E-state index contributed by atoms with van der Waals surface area (Å²) in [4.78, 5) is 27.1. The van der Waals surface area contributed by atoms with Crippen molar-refractivity contribution in [2.45, 2.75) is 6.92 Å². The van der Waals surface area contributed by atoms with Crippen molar-refractivity contribution >= 4 is 27.6 Å². The molecule has 0 unspecified atom stereocenters. The van der Waals surface area contributed by atoms with Crippen LogP contribution in [0.4, 0.5) is 5.69 Å². The van der Waals surface area contributed by atoms with Crippen LogP contribution in [-0.4, -0.2) is 20.7 Å². The molecule has 0 aliphatic heterocycles. The number of ether oxygens (including phenoxy) is 1. The molecular formula is C28H23NO5. The molecule has 6 nitrogen and oxygen atoms in total. The third kappa shape index (κ3) is 3.94. The summed E-state index contributed by atoms with van der Waals surface area (Å²) >= 11 is 0. The fourth-order valence-corrected chi connectivity index (χ4v) is 4.06. The van der Waals surface area contributed by atoms with E-state index in [1.54, 1.807) is 18.2 Å². The fraction of sp³-hybridized carbons (Fsp3) is 0.143. The number of rotatable bonds is 5. The van der Waals surface area contributed by atoms with E-state index in [4.69, 9.17) is 13.6 Å². The molecule has 0 spiro atoms. The van der Waals surface area contributed by atoms with E-state index in [9.17, 15) is 9.59 Å². The highest BCUT2D eigenvalue weighted by molar-refractivity contribution is 5.96. The summed E-state index contributed by atoms with van der Waals surface area (Å²) in [6.45, 7) is 2.43. The Hall–Kier alpha value is -4.32. The molecular weight excluding hydrogens is 430 g/mol. The Morgan fingerprint density at radius 2 is 1.53 bits per heavy atom. The molecule has 6 heteroatoms. The van der Waals surface area contributed by atoms with Gasteiger partial charge in [-0.25, -0.2) is 9.59 Å². The lowest BCUT2D eigenvalue weighted by atomic mass is 9.98. The van der Waals surface area contributed by atoms with Crippen LogP contribution in [0.25, 0.3) is 44.2 Å². The van der Waals surface area contributed by atoms with Gasteiger partial charge >= 0.3 is 11.3 Å². The Balaban J connectivity index is 1.66. The van der Waals surface area contributed by atoms with Gasteiger partial charge < -0.3 is 18.5 Å². The Bertz CT molecular complexity index is 1630. The van der Waals surface area contributed by atoms with E-state index in [1.165, 1.54) is 6.07 Å². The summed E-state index contributed by atoms with van der Waals surface area (Å²) in [5.41, 5.74) is 3.83. The maximum atomic E-state index is 12.9. The highest BCUT2D eigenvalue weighted by Gasteiger charge is 2.13. The van der Waals surface area contributed by atoms with Crippen molar-refractivity contribution in [3.05, 3.63) is 93.6 Å². The molecule has 2 heterocycles. The number of fused-ring (bicyclic) bond motifs is 2. The van der Waals surface area contributed by atoms with Gasteiger partial charge in [0.2, 0.25) is 0 Å². The minimum atomic E-state index is -0.449. The standard InChI is InChI=1S/C28H23NO5/c1-4-32-21-11-7-19-14-23(28(31)34-26(19)15-21)18-8-12-25-24(13-18)22(16-27(30)33-25)17-5-9-20(10-6-17)29(2)3/h5-16H,4H2,1-3H3. The number of hydrogen-bond donors (Lipinski definition) is 0. The van der Waals surface area contributed by atoms with Crippen molar-refractivity contribution in [2.24, 2.45) is 0 Å². The maximum absolute atomic E-state index is 12.9. The molecule has 0 amide bonds. The minimum absolute atomic E-state index is 0.428. The van der Waals surface area contributed by atoms with Crippen molar-refractivity contribution in [2.75, 3.05) is 25.6 Å². The second kappa shape index (κ2) is 8.56. The Morgan fingerprint density at radius 3 is 2.26 bits per heavy atom. The lowest BCUT2D eigenvalue weighted by molar-refractivity contribution is 0.340. The molecule has 0 fully saturated rings. The van der Waals surface area contributed by atoms with Gasteiger partial charge in [0.1, 0.15) is 16.9 Å². The second-order valence-corrected chi connectivity index (χ2v) is 8.21. The smallest absolute Gasteiger partial charge is 0.344 e. The minimum Gasteiger partial charge on any atom is -0.494 e. The monoisotopic (exact) mass is 453 g/mol. The number of anilines is 1. The molecule has 0 radical (unpaired) electrons. The van der Waals surface area contributed by atoms with Crippen LogP contribution in [0.5, 0.6) is 5.75 Å². The molecule has 170 valence electrons. The molecule has 0 aliphatic rings. The maximum Gasteiger partial charge on any atom is 0.344 e. The van der Waals surface area contributed by atoms with E-state index in [-0.39, 0.29) is 0 Å². The zero-order chi connectivity index (χ0) is 23.8. The van der Waals surface area contributed by atoms with Crippen LogP contribution >= 0.6 is 0 Å². The van der Waals surface area contributed by atoms with Gasteiger partial charge in [-0.2, -0.15) is 0 Å². The van der Waals surface area contributed by atoms with Crippen LogP contribution in [0.3, 0.4) is 0 Å². The third-order valence-corrected chi connectivity index (χ3v) is 5.77. The summed E-state index contributed by atoms with van der Waals surface area (Å²) in [6, 6.07) is 22.0. The fourth-order valence-electron chi connectivity index (χ4n) is 4.06. The predicted molar refractivity (Wildman–Crippen MR) is 135 cm³/mol. The molecule has 0 N–H and O–H groups in total. The first-order chi connectivity index (χ1) is 16.4. The molecule has 0 bridgehead atoms. The van der Waals surface area contributed by atoms with Gasteiger partial charge in [-0.05, 0) is 66.1 Å². The van der Waals surface area contributed by atoms with E-state index in [0.717, 1.165) is 27.6 Å². The lowest BCUT2D eigenvalue weighted by Crippen LogP contribution is -2.08. The summed E-state index contributed by atoms with van der Waals surface area (Å²) in [5, 5.41) is 1.53. The number of hydrogen-bond acceptors (Lipinski definition) is 6. The lowest BCUT2D eigenvalue weighted by Gasteiger charge is -2.13. The van der Waals surface area contributed by atoms with Crippen molar-refractivity contribution < 1.29 is 13.6 Å². The molecule has 3 aromatic carbocycles. The van der Waals surface area contributed by atoms with Crippen LogP contribution in [0.1, 0.15) is 6.92 Å². The third-order valence-electron chi connectivity index (χ3n) is 5.77. The van der Waals surface area contributed by atoms with E-state index >= 15 is 0 Å². The van der Waals surface area contributed by atoms with Crippen molar-refractivity contribution in [1.82, 2.24) is 0 Å². The molecule has 0 aliphatic carbocycles. The van der Waals surface area contributed by atoms with Gasteiger partial charge in [-0.1, -0.05) is 18.2 Å². The van der Waals surface area contributed by atoms with E-state index in [1.807, 2.05) is 74.4 Å². The topological polar surface area (TPSA) is 72.9 Å². The molecule has 5 rings (SSSR count). The van der Waals surface area contributed by atoms with Crippen LogP contribution in [-0.2, 0) is 0 Å². The molecule has 5 aromatic rings. The normalized spacial score (nSPS) is 11.1. The van der Waals surface area contributed by atoms with Gasteiger partial charge in [0, 0.05) is 42.7 Å². The summed E-state index contributed by atoms with van der Waals surface area (Å²) in [5.74, 6) is 0.650. The van der Waals surface area contributed by atoms with Crippen LogP contribution in [0, 0.1) is 0 Å². The van der Waals surface area contributed by atoms with Crippen molar-refractivity contribution in [3.8, 4) is 28.0 Å². The quantitative estimate of drug-likeness (QED) is 0.318. The largest absolute Gasteiger partial charge is 0.494 e. The SMILES string of the molecule is CCOc1ccc2cc(-c3ccc4oc(=O)cc(-c5ccc(N(C)C)cc5)c4c3)c(=O)oc2c1. The summed E-state index contributed by atoms with van der Waals surface area (Å²) in [7, 11) is 3.95. The number of nitrogens with zero attached hydrogens (tertiary/aromatic N) is 1. The van der Waals surface area contributed by atoms with Crippen LogP contribution in [0.15, 0.2) is 91.2 Å². The molecule has 0 saturated heterocycles. The van der Waals surface area contributed by atoms with Crippen molar-refractivity contribution in [1.29, 1.82) is 0 Å². The first-order valence-corrected chi connectivity index (χ1v) is 11.0. The Morgan fingerprint density at radius 1 is 0.765 bits per heavy atom. The Labute approximate surface area is 195 Å². The molecule has 0 atom stereocenters. The Kier molecular flexibility index (Phi) is 5.42. The molecule has 34 heavy (non-hydrogen) atoms. The highest BCUT2D eigenvalue weighted by atomic mass is 16.5. The summed E-state index contributed by atoms with van der Waals surface area (Å²) < 4.78 is 16.5. The highest BCUT2D eigenvalue weighted by Crippen LogP contribution is 2.32. The van der Waals surface area contributed by atoms with Crippen molar-refractivity contribution in [3.63, 3.8) is 0 Å². The molecule has 2 aromatic heterocycles.